The number of carbonyl (C=O) groups excluding carboxylic acids is 2. The van der Waals surface area contributed by atoms with Crippen LogP contribution >= 0.6 is 15.9 Å². The van der Waals surface area contributed by atoms with Crippen LogP contribution in [0.2, 0.25) is 0 Å². The van der Waals surface area contributed by atoms with E-state index in [4.69, 9.17) is 14.2 Å². The Labute approximate surface area is 173 Å². The van der Waals surface area contributed by atoms with Crippen molar-refractivity contribution in [3.05, 3.63) is 33.4 Å². The van der Waals surface area contributed by atoms with Gasteiger partial charge in [-0.3, -0.25) is 0 Å². The quantitative estimate of drug-likeness (QED) is 0.574. The van der Waals surface area contributed by atoms with E-state index in [1.54, 1.807) is 26.8 Å². The number of hydrogen-bond acceptors (Lipinski definition) is 5. The van der Waals surface area contributed by atoms with Crippen LogP contribution in [0.3, 0.4) is 0 Å². The normalized spacial score (nSPS) is 16.5. The second-order valence-corrected chi connectivity index (χ2v) is 7.49. The molecule has 0 aliphatic carbocycles. The average Bonchev–Trinajstić information content (AvgIpc) is 2.59. The number of esters is 1. The highest BCUT2D eigenvalue weighted by Gasteiger charge is 2.33. The summed E-state index contributed by atoms with van der Waals surface area (Å²) in [6.45, 7) is 10.1. The van der Waals surface area contributed by atoms with E-state index in [9.17, 15) is 9.59 Å². The minimum atomic E-state index is -0.671. The molecule has 154 valence electrons. The van der Waals surface area contributed by atoms with Crippen molar-refractivity contribution in [2.45, 2.75) is 53.2 Å². The Hall–Kier alpha value is -2.22. The molecule has 1 unspecified atom stereocenters. The van der Waals surface area contributed by atoms with E-state index in [-0.39, 0.29) is 12.1 Å². The van der Waals surface area contributed by atoms with Gasteiger partial charge in [0.1, 0.15) is 0 Å². The number of ether oxygens (including phenoxy) is 3. The standard InChI is InChI=1S/C20H27BrN2O5/c1-6-8-27-18-14(21)9-13(10-15(18)26-7-2)17-16(19(24)28-11(3)4)12(5)22-20(25)23-17/h9-11,17H,6-8H2,1-5H3,(H2,22,23,25). The lowest BCUT2D eigenvalue weighted by atomic mass is 9.95. The summed E-state index contributed by atoms with van der Waals surface area (Å²) in [6, 6.07) is 2.55. The highest BCUT2D eigenvalue weighted by molar-refractivity contribution is 9.10. The van der Waals surface area contributed by atoms with Crippen LogP contribution < -0.4 is 20.1 Å². The van der Waals surface area contributed by atoms with E-state index < -0.39 is 12.0 Å². The van der Waals surface area contributed by atoms with E-state index >= 15 is 0 Å². The van der Waals surface area contributed by atoms with Gasteiger partial charge in [-0.15, -0.1) is 0 Å². The van der Waals surface area contributed by atoms with Crippen LogP contribution in [-0.2, 0) is 9.53 Å². The second-order valence-electron chi connectivity index (χ2n) is 6.64. The van der Waals surface area contributed by atoms with E-state index in [0.717, 1.165) is 6.42 Å². The van der Waals surface area contributed by atoms with Gasteiger partial charge in [-0.2, -0.15) is 0 Å². The molecule has 1 heterocycles. The second kappa shape index (κ2) is 9.82. The molecule has 2 amide bonds. The molecule has 7 nitrogen and oxygen atoms in total. The molecular weight excluding hydrogens is 428 g/mol. The lowest BCUT2D eigenvalue weighted by molar-refractivity contribution is -0.143. The smallest absolute Gasteiger partial charge is 0.338 e. The van der Waals surface area contributed by atoms with Crippen LogP contribution in [0.1, 0.15) is 52.6 Å². The van der Waals surface area contributed by atoms with Gasteiger partial charge in [-0.05, 0) is 67.7 Å². The topological polar surface area (TPSA) is 85.9 Å². The van der Waals surface area contributed by atoms with Crippen molar-refractivity contribution in [2.75, 3.05) is 13.2 Å². The van der Waals surface area contributed by atoms with Gasteiger partial charge in [-0.25, -0.2) is 9.59 Å². The van der Waals surface area contributed by atoms with Crippen LogP contribution in [0, 0.1) is 0 Å². The third-order valence-corrected chi connectivity index (χ3v) is 4.54. The van der Waals surface area contributed by atoms with Gasteiger partial charge in [0.2, 0.25) is 0 Å². The number of benzene rings is 1. The number of allylic oxidation sites excluding steroid dienone is 1. The van der Waals surface area contributed by atoms with Gasteiger partial charge in [-0.1, -0.05) is 6.92 Å². The molecule has 0 saturated heterocycles. The van der Waals surface area contributed by atoms with E-state index in [0.29, 0.717) is 46.0 Å². The maximum atomic E-state index is 12.7. The number of nitrogens with one attached hydrogen (secondary N) is 2. The third-order valence-electron chi connectivity index (χ3n) is 3.95. The summed E-state index contributed by atoms with van der Waals surface area (Å²) in [4.78, 5) is 24.7. The van der Waals surface area contributed by atoms with Gasteiger partial charge < -0.3 is 24.8 Å². The first-order chi connectivity index (χ1) is 13.3. The number of rotatable bonds is 8. The first-order valence-electron chi connectivity index (χ1n) is 9.36. The van der Waals surface area contributed by atoms with Crippen LogP contribution in [0.15, 0.2) is 27.9 Å². The SMILES string of the molecule is CCCOc1c(Br)cc(C2NC(=O)NC(C)=C2C(=O)OC(C)C)cc1OCC. The summed E-state index contributed by atoms with van der Waals surface area (Å²) in [5, 5.41) is 5.44. The number of amides is 2. The summed E-state index contributed by atoms with van der Waals surface area (Å²) in [7, 11) is 0. The Morgan fingerprint density at radius 2 is 1.96 bits per heavy atom. The third kappa shape index (κ3) is 5.19. The molecule has 1 atom stereocenters. The van der Waals surface area contributed by atoms with Gasteiger partial charge in [0.15, 0.2) is 11.5 Å². The van der Waals surface area contributed by atoms with Gasteiger partial charge in [0.25, 0.3) is 0 Å². The molecule has 2 N–H and O–H groups in total. The molecule has 0 bridgehead atoms. The molecule has 1 aliphatic heterocycles. The van der Waals surface area contributed by atoms with Crippen LogP contribution in [0.5, 0.6) is 11.5 Å². The highest BCUT2D eigenvalue weighted by Crippen LogP contribution is 2.40. The molecule has 2 rings (SSSR count). The molecule has 1 aromatic carbocycles. The van der Waals surface area contributed by atoms with E-state index in [2.05, 4.69) is 26.6 Å². The fourth-order valence-electron chi connectivity index (χ4n) is 2.85. The molecule has 1 aliphatic rings. The summed E-state index contributed by atoms with van der Waals surface area (Å²) in [6.07, 6.45) is 0.582. The van der Waals surface area contributed by atoms with Crippen molar-refractivity contribution in [3.8, 4) is 11.5 Å². The van der Waals surface area contributed by atoms with E-state index in [1.807, 2.05) is 19.9 Å². The molecule has 8 heteroatoms. The van der Waals surface area contributed by atoms with Crippen molar-refractivity contribution in [2.24, 2.45) is 0 Å². The first-order valence-corrected chi connectivity index (χ1v) is 10.2. The zero-order valence-corrected chi connectivity index (χ0v) is 18.4. The molecule has 0 radical (unpaired) electrons. The number of halogens is 1. The summed E-state index contributed by atoms with van der Waals surface area (Å²) in [5.74, 6) is 0.660. The molecule has 0 saturated carbocycles. The molecule has 1 aromatic rings. The lowest BCUT2D eigenvalue weighted by Gasteiger charge is -2.29. The van der Waals surface area contributed by atoms with E-state index in [1.165, 1.54) is 0 Å². The summed E-state index contributed by atoms with van der Waals surface area (Å²) in [5.41, 5.74) is 1.49. The van der Waals surface area contributed by atoms with Crippen LogP contribution in [0.4, 0.5) is 4.79 Å². The minimum absolute atomic E-state index is 0.276. The zero-order chi connectivity index (χ0) is 20.8. The number of carbonyl (C=O) groups is 2. The maximum Gasteiger partial charge on any atom is 0.338 e. The zero-order valence-electron chi connectivity index (χ0n) is 16.8. The first kappa shape index (κ1) is 22.1. The van der Waals surface area contributed by atoms with Crippen molar-refractivity contribution >= 4 is 27.9 Å². The van der Waals surface area contributed by atoms with Gasteiger partial charge in [0.05, 0.1) is 35.4 Å². The maximum absolute atomic E-state index is 12.7. The molecule has 0 spiro atoms. The Kier molecular flexibility index (Phi) is 7.74. The molecule has 28 heavy (non-hydrogen) atoms. The van der Waals surface area contributed by atoms with Crippen LogP contribution in [0.25, 0.3) is 0 Å². The number of hydrogen-bond donors (Lipinski definition) is 2. The minimum Gasteiger partial charge on any atom is -0.490 e. The number of urea groups is 1. The Balaban J connectivity index is 2.51. The fraction of sp³-hybridized carbons (Fsp3) is 0.500. The molecule has 0 aromatic heterocycles. The predicted molar refractivity (Wildman–Crippen MR) is 109 cm³/mol. The highest BCUT2D eigenvalue weighted by atomic mass is 79.9. The lowest BCUT2D eigenvalue weighted by Crippen LogP contribution is -2.45. The van der Waals surface area contributed by atoms with Gasteiger partial charge in [0, 0.05) is 5.70 Å². The molecular formula is C20H27BrN2O5. The average molecular weight is 455 g/mol. The van der Waals surface area contributed by atoms with Crippen molar-refractivity contribution < 1.29 is 23.8 Å². The van der Waals surface area contributed by atoms with Crippen LogP contribution in [-0.4, -0.2) is 31.3 Å². The Morgan fingerprint density at radius 1 is 1.25 bits per heavy atom. The van der Waals surface area contributed by atoms with Crippen molar-refractivity contribution in [1.29, 1.82) is 0 Å². The summed E-state index contributed by atoms with van der Waals surface area (Å²) >= 11 is 3.53. The largest absolute Gasteiger partial charge is 0.490 e. The van der Waals surface area contributed by atoms with Crippen molar-refractivity contribution in [1.82, 2.24) is 10.6 Å². The molecule has 0 fully saturated rings. The monoisotopic (exact) mass is 454 g/mol. The Morgan fingerprint density at radius 3 is 2.57 bits per heavy atom. The van der Waals surface area contributed by atoms with Gasteiger partial charge >= 0.3 is 12.0 Å². The van der Waals surface area contributed by atoms with Crippen molar-refractivity contribution in [3.63, 3.8) is 0 Å². The fourth-order valence-corrected chi connectivity index (χ4v) is 3.43. The predicted octanol–water partition coefficient (Wildman–Crippen LogP) is 4.22. The Bertz CT molecular complexity index is 776. The summed E-state index contributed by atoms with van der Waals surface area (Å²) < 4.78 is 17.6.